The monoisotopic (exact) mass is 348 g/mol. The molecule has 1 saturated heterocycles. The highest BCUT2D eigenvalue weighted by molar-refractivity contribution is 5.95. The van der Waals surface area contributed by atoms with Gasteiger partial charge in [0.05, 0.1) is 12.0 Å². The molecule has 0 spiro atoms. The lowest BCUT2D eigenvalue weighted by Crippen LogP contribution is -2.55. The maximum absolute atomic E-state index is 12.6. The number of ether oxygens (including phenoxy) is 1. The molecule has 1 heterocycles. The Morgan fingerprint density at radius 1 is 1.32 bits per heavy atom. The summed E-state index contributed by atoms with van der Waals surface area (Å²) in [6.45, 7) is 2.49. The number of hydrogen-bond donors (Lipinski definition) is 2. The van der Waals surface area contributed by atoms with Crippen LogP contribution in [0.15, 0.2) is 30.3 Å². The van der Waals surface area contributed by atoms with Crippen LogP contribution >= 0.6 is 0 Å². The highest BCUT2D eigenvalue weighted by Crippen LogP contribution is 2.30. The molecule has 2 N–H and O–H groups in total. The average molecular weight is 348 g/mol. The van der Waals surface area contributed by atoms with E-state index in [9.17, 15) is 14.4 Å². The molecule has 0 saturated carbocycles. The van der Waals surface area contributed by atoms with Gasteiger partial charge in [-0.1, -0.05) is 18.2 Å². The van der Waals surface area contributed by atoms with Crippen LogP contribution in [0.5, 0.6) is 0 Å². The van der Waals surface area contributed by atoms with Crippen molar-refractivity contribution in [3.8, 4) is 0 Å². The molecule has 136 valence electrons. The van der Waals surface area contributed by atoms with Gasteiger partial charge >= 0.3 is 5.97 Å². The van der Waals surface area contributed by atoms with Crippen molar-refractivity contribution < 1.29 is 24.2 Å². The fourth-order valence-electron chi connectivity index (χ4n) is 3.04. The van der Waals surface area contributed by atoms with Crippen LogP contribution in [-0.2, 0) is 14.3 Å². The highest BCUT2D eigenvalue weighted by atomic mass is 16.5. The molecule has 7 heteroatoms. The van der Waals surface area contributed by atoms with Gasteiger partial charge in [-0.15, -0.1) is 0 Å². The molecular weight excluding hydrogens is 324 g/mol. The maximum Gasteiger partial charge on any atom is 0.328 e. The zero-order valence-corrected chi connectivity index (χ0v) is 14.5. The van der Waals surface area contributed by atoms with Crippen LogP contribution < -0.4 is 5.32 Å². The average Bonchev–Trinajstić information content (AvgIpc) is 2.61. The van der Waals surface area contributed by atoms with Crippen molar-refractivity contribution in [3.05, 3.63) is 35.9 Å². The van der Waals surface area contributed by atoms with Gasteiger partial charge in [0.1, 0.15) is 0 Å². The Morgan fingerprint density at radius 3 is 2.60 bits per heavy atom. The Labute approximate surface area is 147 Å². The molecule has 2 rings (SSSR count). The second-order valence-electron chi connectivity index (χ2n) is 6.58. The van der Waals surface area contributed by atoms with E-state index in [4.69, 9.17) is 9.84 Å². The summed E-state index contributed by atoms with van der Waals surface area (Å²) in [6, 6.07) is 7.82. The molecule has 1 aliphatic rings. The zero-order valence-electron chi connectivity index (χ0n) is 14.5. The zero-order chi connectivity index (χ0) is 18.4. The number of nitrogens with one attached hydrogen (secondary N) is 1. The van der Waals surface area contributed by atoms with Gasteiger partial charge in [-0.05, 0) is 31.9 Å². The van der Waals surface area contributed by atoms with Crippen molar-refractivity contribution in [1.82, 2.24) is 10.2 Å². The van der Waals surface area contributed by atoms with E-state index in [0.717, 1.165) is 0 Å². The van der Waals surface area contributed by atoms with E-state index in [0.29, 0.717) is 24.9 Å². The number of nitrogens with zero attached hydrogens (tertiary/aromatic N) is 1. The summed E-state index contributed by atoms with van der Waals surface area (Å²) in [7, 11) is 1.38. The number of carbonyl (C=O) groups excluding carboxylic acids is 2. The van der Waals surface area contributed by atoms with E-state index in [-0.39, 0.29) is 25.0 Å². The molecule has 1 aromatic rings. The largest absolute Gasteiger partial charge is 0.480 e. The molecule has 0 radical (unpaired) electrons. The van der Waals surface area contributed by atoms with Gasteiger partial charge in [0.25, 0.3) is 5.91 Å². The number of amides is 2. The Morgan fingerprint density at radius 2 is 2.00 bits per heavy atom. The first-order valence-corrected chi connectivity index (χ1v) is 8.24. The topological polar surface area (TPSA) is 95.9 Å². The second kappa shape index (κ2) is 8.11. The van der Waals surface area contributed by atoms with E-state index in [1.54, 1.807) is 36.1 Å². The number of carbonyl (C=O) groups is 3. The first kappa shape index (κ1) is 18.9. The number of carboxylic acid groups (broad SMARTS) is 1. The van der Waals surface area contributed by atoms with Gasteiger partial charge in [-0.3, -0.25) is 9.59 Å². The van der Waals surface area contributed by atoms with E-state index in [2.05, 4.69) is 5.32 Å². The molecule has 1 aliphatic heterocycles. The number of aliphatic carboxylic acids is 1. The maximum atomic E-state index is 12.6. The summed E-state index contributed by atoms with van der Waals surface area (Å²) in [6.07, 6.45) is 1.28. The van der Waals surface area contributed by atoms with E-state index >= 15 is 0 Å². The molecule has 7 nitrogen and oxygen atoms in total. The number of benzene rings is 1. The van der Waals surface area contributed by atoms with Gasteiger partial charge < -0.3 is 20.1 Å². The number of piperidine rings is 1. The normalized spacial score (nSPS) is 21.4. The van der Waals surface area contributed by atoms with Crippen LogP contribution in [0.25, 0.3) is 0 Å². The summed E-state index contributed by atoms with van der Waals surface area (Å²) in [4.78, 5) is 38.1. The van der Waals surface area contributed by atoms with Gasteiger partial charge in [0, 0.05) is 25.8 Å². The van der Waals surface area contributed by atoms with Crippen molar-refractivity contribution in [3.63, 3.8) is 0 Å². The minimum absolute atomic E-state index is 0.107. The van der Waals surface area contributed by atoms with Gasteiger partial charge in [0.2, 0.25) is 5.91 Å². The minimum atomic E-state index is -1.15. The predicted molar refractivity (Wildman–Crippen MR) is 91.1 cm³/mol. The first-order valence-electron chi connectivity index (χ1n) is 8.24. The van der Waals surface area contributed by atoms with Gasteiger partial charge in [0.15, 0.2) is 6.04 Å². The second-order valence-corrected chi connectivity index (χ2v) is 6.58. The predicted octanol–water partition coefficient (Wildman–Crippen LogP) is 1.14. The Bertz CT molecular complexity index is 634. The molecule has 1 aromatic carbocycles. The summed E-state index contributed by atoms with van der Waals surface area (Å²) in [5.74, 6) is -1.64. The molecule has 0 aromatic heterocycles. The molecule has 2 unspecified atom stereocenters. The number of methoxy groups -OCH3 is 1. The smallest absolute Gasteiger partial charge is 0.328 e. The molecular formula is C18H24N2O5. The number of carboxylic acids is 1. The lowest BCUT2D eigenvalue weighted by Gasteiger charge is -2.39. The van der Waals surface area contributed by atoms with Gasteiger partial charge in [-0.2, -0.15) is 0 Å². The number of likely N-dealkylation sites (tertiary alicyclic amines) is 1. The first-order chi connectivity index (χ1) is 11.9. The fourth-order valence-corrected chi connectivity index (χ4v) is 3.04. The van der Waals surface area contributed by atoms with Crippen LogP contribution in [0.2, 0.25) is 0 Å². The molecule has 1 fully saturated rings. The summed E-state index contributed by atoms with van der Waals surface area (Å²) in [5.41, 5.74) is -0.251. The lowest BCUT2D eigenvalue weighted by atomic mass is 9.80. The van der Waals surface area contributed by atoms with E-state index < -0.39 is 17.4 Å². The number of hydrogen-bond acceptors (Lipinski definition) is 4. The third-order valence-electron chi connectivity index (χ3n) is 4.49. The van der Waals surface area contributed by atoms with Crippen LogP contribution in [0.3, 0.4) is 0 Å². The van der Waals surface area contributed by atoms with Crippen molar-refractivity contribution in [1.29, 1.82) is 0 Å². The van der Waals surface area contributed by atoms with Crippen LogP contribution in [0.4, 0.5) is 0 Å². The van der Waals surface area contributed by atoms with E-state index in [1.807, 2.05) is 6.07 Å². The molecule has 2 atom stereocenters. The van der Waals surface area contributed by atoms with Crippen LogP contribution in [0, 0.1) is 5.41 Å². The minimum Gasteiger partial charge on any atom is -0.480 e. The molecule has 0 aliphatic carbocycles. The fraction of sp³-hybridized carbons (Fsp3) is 0.500. The van der Waals surface area contributed by atoms with Crippen molar-refractivity contribution in [2.75, 3.05) is 26.8 Å². The summed E-state index contributed by atoms with van der Waals surface area (Å²) >= 11 is 0. The van der Waals surface area contributed by atoms with Crippen molar-refractivity contribution >= 4 is 17.8 Å². The van der Waals surface area contributed by atoms with E-state index in [1.165, 1.54) is 7.11 Å². The Kier molecular flexibility index (Phi) is 6.14. The third kappa shape index (κ3) is 4.57. The van der Waals surface area contributed by atoms with Crippen molar-refractivity contribution in [2.45, 2.75) is 25.8 Å². The van der Waals surface area contributed by atoms with Crippen LogP contribution in [0.1, 0.15) is 30.1 Å². The lowest BCUT2D eigenvalue weighted by molar-refractivity contribution is -0.146. The molecule has 2 amide bonds. The quantitative estimate of drug-likeness (QED) is 0.804. The highest BCUT2D eigenvalue weighted by Gasteiger charge is 2.40. The standard InChI is InChI=1S/C18H24N2O5/c1-18(17(24)19-14(11-25-2)16(22)23)9-6-10-20(12-18)15(21)13-7-4-3-5-8-13/h3-5,7-8,14H,6,9-12H2,1-2H3,(H,19,24)(H,22,23). The van der Waals surface area contributed by atoms with Crippen LogP contribution in [-0.4, -0.2) is 60.6 Å². The van der Waals surface area contributed by atoms with Crippen molar-refractivity contribution in [2.24, 2.45) is 5.41 Å². The Hall–Kier alpha value is -2.41. The third-order valence-corrected chi connectivity index (χ3v) is 4.49. The molecule has 25 heavy (non-hydrogen) atoms. The van der Waals surface area contributed by atoms with Gasteiger partial charge in [-0.25, -0.2) is 4.79 Å². The summed E-state index contributed by atoms with van der Waals surface area (Å²) in [5, 5.41) is 11.7. The molecule has 0 bridgehead atoms. The Balaban J connectivity index is 2.08. The summed E-state index contributed by atoms with van der Waals surface area (Å²) < 4.78 is 4.84. The SMILES string of the molecule is COCC(NC(=O)C1(C)CCCN(C(=O)c2ccccc2)C1)C(=O)O. The number of rotatable bonds is 6.